The van der Waals surface area contributed by atoms with E-state index < -0.39 is 0 Å². The molecule has 3 N–H and O–H groups in total. The molecule has 2 aromatic rings. The minimum Gasteiger partial charge on any atom is -0.495 e. The molecule has 0 spiro atoms. The SMILES string of the molecule is COc1cc(C(=O)Nc2ccccc2C#N)ccc1N. The minimum atomic E-state index is -0.328. The Bertz CT molecular complexity index is 690. The van der Waals surface area contributed by atoms with Crippen molar-refractivity contribution in [3.05, 3.63) is 53.6 Å². The van der Waals surface area contributed by atoms with Crippen molar-refractivity contribution >= 4 is 17.3 Å². The van der Waals surface area contributed by atoms with E-state index in [2.05, 4.69) is 5.32 Å². The third-order valence-electron chi connectivity index (χ3n) is 2.79. The predicted octanol–water partition coefficient (Wildman–Crippen LogP) is 2.40. The summed E-state index contributed by atoms with van der Waals surface area (Å²) < 4.78 is 5.07. The lowest BCUT2D eigenvalue weighted by Gasteiger charge is -2.09. The third kappa shape index (κ3) is 2.70. The van der Waals surface area contributed by atoms with Crippen LogP contribution >= 0.6 is 0 Å². The molecule has 0 fully saturated rings. The van der Waals surface area contributed by atoms with Gasteiger partial charge in [0, 0.05) is 5.56 Å². The molecule has 20 heavy (non-hydrogen) atoms. The molecule has 5 heteroatoms. The summed E-state index contributed by atoms with van der Waals surface area (Å²) in [7, 11) is 1.48. The summed E-state index contributed by atoms with van der Waals surface area (Å²) in [6, 6.07) is 13.6. The molecule has 0 saturated heterocycles. The molecule has 1 amide bonds. The Kier molecular flexibility index (Phi) is 3.87. The van der Waals surface area contributed by atoms with E-state index in [0.29, 0.717) is 28.3 Å². The van der Waals surface area contributed by atoms with Crippen LogP contribution < -0.4 is 15.8 Å². The van der Waals surface area contributed by atoms with Gasteiger partial charge in [0.1, 0.15) is 11.8 Å². The monoisotopic (exact) mass is 267 g/mol. The average Bonchev–Trinajstić information content (AvgIpc) is 2.48. The largest absolute Gasteiger partial charge is 0.495 e. The van der Waals surface area contributed by atoms with Gasteiger partial charge in [-0.25, -0.2) is 0 Å². The number of amides is 1. The maximum absolute atomic E-state index is 12.1. The van der Waals surface area contributed by atoms with E-state index in [4.69, 9.17) is 15.7 Å². The smallest absolute Gasteiger partial charge is 0.255 e. The lowest BCUT2D eigenvalue weighted by atomic mass is 10.1. The second-order valence-electron chi connectivity index (χ2n) is 4.07. The van der Waals surface area contributed by atoms with Crippen molar-refractivity contribution in [1.82, 2.24) is 0 Å². The molecule has 0 aliphatic heterocycles. The zero-order chi connectivity index (χ0) is 14.5. The van der Waals surface area contributed by atoms with Crippen LogP contribution in [-0.4, -0.2) is 13.0 Å². The van der Waals surface area contributed by atoms with Crippen LogP contribution in [0.5, 0.6) is 5.75 Å². The lowest BCUT2D eigenvalue weighted by molar-refractivity contribution is 0.102. The quantitative estimate of drug-likeness (QED) is 0.836. The maximum Gasteiger partial charge on any atom is 0.255 e. The van der Waals surface area contributed by atoms with Gasteiger partial charge in [-0.2, -0.15) is 5.26 Å². The standard InChI is InChI=1S/C15H13N3O2/c1-20-14-8-10(6-7-12(14)17)15(19)18-13-5-3-2-4-11(13)9-16/h2-8H,17H2,1H3,(H,18,19). The number of anilines is 2. The summed E-state index contributed by atoms with van der Waals surface area (Å²) in [4.78, 5) is 12.1. The summed E-state index contributed by atoms with van der Waals surface area (Å²) in [5.41, 5.74) is 7.44. The van der Waals surface area contributed by atoms with Gasteiger partial charge in [0.2, 0.25) is 0 Å². The number of benzene rings is 2. The number of ether oxygens (including phenoxy) is 1. The number of nitrogens with zero attached hydrogens (tertiary/aromatic N) is 1. The molecular formula is C15H13N3O2. The topological polar surface area (TPSA) is 88.1 Å². The summed E-state index contributed by atoms with van der Waals surface area (Å²) in [6.45, 7) is 0. The summed E-state index contributed by atoms with van der Waals surface area (Å²) in [5, 5.41) is 11.7. The van der Waals surface area contributed by atoms with Crippen LogP contribution in [0.4, 0.5) is 11.4 Å². The zero-order valence-corrected chi connectivity index (χ0v) is 10.9. The number of nitrogens with one attached hydrogen (secondary N) is 1. The molecule has 0 heterocycles. The van der Waals surface area contributed by atoms with E-state index in [-0.39, 0.29) is 5.91 Å². The van der Waals surface area contributed by atoms with Gasteiger partial charge in [0.15, 0.2) is 0 Å². The highest BCUT2D eigenvalue weighted by atomic mass is 16.5. The number of rotatable bonds is 3. The van der Waals surface area contributed by atoms with Gasteiger partial charge in [-0.15, -0.1) is 0 Å². The predicted molar refractivity (Wildman–Crippen MR) is 76.5 cm³/mol. The maximum atomic E-state index is 12.1. The number of carbonyl (C=O) groups is 1. The van der Waals surface area contributed by atoms with Crippen molar-refractivity contribution in [1.29, 1.82) is 5.26 Å². The van der Waals surface area contributed by atoms with E-state index in [0.717, 1.165) is 0 Å². The van der Waals surface area contributed by atoms with Crippen LogP contribution in [0.2, 0.25) is 0 Å². The van der Waals surface area contributed by atoms with Crippen molar-refractivity contribution in [2.24, 2.45) is 0 Å². The first-order chi connectivity index (χ1) is 9.65. The number of hydrogen-bond donors (Lipinski definition) is 2. The summed E-state index contributed by atoms with van der Waals surface area (Å²) >= 11 is 0. The normalized spacial score (nSPS) is 9.60. The van der Waals surface area contributed by atoms with Crippen LogP contribution in [-0.2, 0) is 0 Å². The fourth-order valence-electron chi connectivity index (χ4n) is 1.74. The first-order valence-corrected chi connectivity index (χ1v) is 5.89. The highest BCUT2D eigenvalue weighted by molar-refractivity contribution is 6.05. The minimum absolute atomic E-state index is 0.328. The molecule has 0 unspecified atom stereocenters. The first kappa shape index (κ1) is 13.4. The lowest BCUT2D eigenvalue weighted by Crippen LogP contribution is -2.13. The van der Waals surface area contributed by atoms with Crippen LogP contribution in [0.3, 0.4) is 0 Å². The highest BCUT2D eigenvalue weighted by Crippen LogP contribution is 2.23. The zero-order valence-electron chi connectivity index (χ0n) is 10.9. The van der Waals surface area contributed by atoms with E-state index >= 15 is 0 Å². The molecule has 0 saturated carbocycles. The van der Waals surface area contributed by atoms with E-state index in [1.165, 1.54) is 7.11 Å². The number of nitrogens with two attached hydrogens (primary N) is 1. The average molecular weight is 267 g/mol. The number of nitrogen functional groups attached to an aromatic ring is 1. The molecule has 0 bridgehead atoms. The van der Waals surface area contributed by atoms with E-state index in [9.17, 15) is 4.79 Å². The van der Waals surface area contributed by atoms with Gasteiger partial charge < -0.3 is 15.8 Å². The second kappa shape index (κ2) is 5.76. The van der Waals surface area contributed by atoms with Crippen molar-refractivity contribution in [2.75, 3.05) is 18.2 Å². The molecule has 0 aromatic heterocycles. The van der Waals surface area contributed by atoms with Crippen molar-refractivity contribution in [2.45, 2.75) is 0 Å². The first-order valence-electron chi connectivity index (χ1n) is 5.89. The molecule has 0 aliphatic carbocycles. The molecule has 0 atom stereocenters. The van der Waals surface area contributed by atoms with Crippen molar-refractivity contribution < 1.29 is 9.53 Å². The Morgan fingerprint density at radius 1 is 1.30 bits per heavy atom. The molecule has 0 radical (unpaired) electrons. The van der Waals surface area contributed by atoms with Gasteiger partial charge in [-0.3, -0.25) is 4.79 Å². The Labute approximate surface area is 116 Å². The van der Waals surface area contributed by atoms with Gasteiger partial charge in [-0.1, -0.05) is 12.1 Å². The Morgan fingerprint density at radius 3 is 2.75 bits per heavy atom. The van der Waals surface area contributed by atoms with Crippen LogP contribution in [0, 0.1) is 11.3 Å². The fraction of sp³-hybridized carbons (Fsp3) is 0.0667. The highest BCUT2D eigenvalue weighted by Gasteiger charge is 2.11. The molecule has 100 valence electrons. The molecular weight excluding hydrogens is 254 g/mol. The Morgan fingerprint density at radius 2 is 2.05 bits per heavy atom. The number of methoxy groups -OCH3 is 1. The second-order valence-corrected chi connectivity index (χ2v) is 4.07. The number of hydrogen-bond acceptors (Lipinski definition) is 4. The van der Waals surface area contributed by atoms with Crippen molar-refractivity contribution in [3.8, 4) is 11.8 Å². The van der Waals surface area contributed by atoms with Crippen LogP contribution in [0.1, 0.15) is 15.9 Å². The number of nitriles is 1. The number of carbonyl (C=O) groups excluding carboxylic acids is 1. The summed E-state index contributed by atoms with van der Waals surface area (Å²) in [5.74, 6) is 0.109. The van der Waals surface area contributed by atoms with Crippen molar-refractivity contribution in [3.63, 3.8) is 0 Å². The Hall–Kier alpha value is -3.00. The number of para-hydroxylation sites is 1. The van der Waals surface area contributed by atoms with Crippen LogP contribution in [0.25, 0.3) is 0 Å². The molecule has 0 aliphatic rings. The van der Waals surface area contributed by atoms with E-state index in [1.807, 2.05) is 6.07 Å². The Balaban J connectivity index is 2.27. The van der Waals surface area contributed by atoms with E-state index in [1.54, 1.807) is 42.5 Å². The molecule has 5 nitrogen and oxygen atoms in total. The van der Waals surface area contributed by atoms with Gasteiger partial charge in [0.05, 0.1) is 24.0 Å². The van der Waals surface area contributed by atoms with Crippen LogP contribution in [0.15, 0.2) is 42.5 Å². The molecule has 2 rings (SSSR count). The third-order valence-corrected chi connectivity index (χ3v) is 2.79. The fourth-order valence-corrected chi connectivity index (χ4v) is 1.74. The van der Waals surface area contributed by atoms with Gasteiger partial charge in [-0.05, 0) is 30.3 Å². The summed E-state index contributed by atoms with van der Waals surface area (Å²) in [6.07, 6.45) is 0. The van der Waals surface area contributed by atoms with Gasteiger partial charge in [0.25, 0.3) is 5.91 Å². The molecule has 2 aromatic carbocycles. The van der Waals surface area contributed by atoms with Gasteiger partial charge >= 0.3 is 0 Å².